The minimum Gasteiger partial charge on any atom is -0.393 e. The van der Waals surface area contributed by atoms with Gasteiger partial charge in [-0.05, 0) is 60.7 Å². The summed E-state index contributed by atoms with van der Waals surface area (Å²) in [6, 6.07) is 0. The fourth-order valence-electron chi connectivity index (χ4n) is 5.40. The SMILES string of the molecule is CC(C)[C@@H]1C(O[C@@H]2CC(C)(C)CC[C@@H]2C(C)C)CC(C)(C)C[C@@H]1O. The van der Waals surface area contributed by atoms with E-state index in [2.05, 4.69) is 55.4 Å². The third-order valence-electron chi connectivity index (χ3n) is 6.75. The van der Waals surface area contributed by atoms with Crippen molar-refractivity contribution in [3.63, 3.8) is 0 Å². The van der Waals surface area contributed by atoms with Crippen molar-refractivity contribution in [3.05, 3.63) is 0 Å². The second-order valence-electron chi connectivity index (χ2n) is 11.0. The van der Waals surface area contributed by atoms with Crippen LogP contribution >= 0.6 is 0 Å². The number of hydrogen-bond donors (Lipinski definition) is 1. The molecule has 2 heteroatoms. The lowest BCUT2D eigenvalue weighted by atomic mass is 9.65. The third-order valence-corrected chi connectivity index (χ3v) is 6.75. The summed E-state index contributed by atoms with van der Waals surface area (Å²) >= 11 is 0. The van der Waals surface area contributed by atoms with Gasteiger partial charge in [0.2, 0.25) is 0 Å². The van der Waals surface area contributed by atoms with Crippen molar-refractivity contribution in [2.75, 3.05) is 0 Å². The van der Waals surface area contributed by atoms with E-state index in [4.69, 9.17) is 4.74 Å². The zero-order valence-corrected chi connectivity index (χ0v) is 17.4. The summed E-state index contributed by atoms with van der Waals surface area (Å²) in [5, 5.41) is 10.8. The van der Waals surface area contributed by atoms with Gasteiger partial charge in [0.15, 0.2) is 0 Å². The molecule has 2 fully saturated rings. The molecule has 2 nitrogen and oxygen atoms in total. The van der Waals surface area contributed by atoms with Gasteiger partial charge in [-0.2, -0.15) is 0 Å². The highest BCUT2D eigenvalue weighted by Crippen LogP contribution is 2.47. The van der Waals surface area contributed by atoms with Gasteiger partial charge in [0.25, 0.3) is 0 Å². The van der Waals surface area contributed by atoms with Crippen molar-refractivity contribution in [2.24, 2.45) is 34.5 Å². The van der Waals surface area contributed by atoms with Gasteiger partial charge in [0, 0.05) is 5.92 Å². The van der Waals surface area contributed by atoms with E-state index in [-0.39, 0.29) is 23.5 Å². The molecule has 142 valence electrons. The highest BCUT2D eigenvalue weighted by atomic mass is 16.5. The second kappa shape index (κ2) is 7.27. The fourth-order valence-corrected chi connectivity index (χ4v) is 5.40. The lowest BCUT2D eigenvalue weighted by Crippen LogP contribution is -2.50. The van der Waals surface area contributed by atoms with Crippen LogP contribution in [0.15, 0.2) is 0 Å². The Morgan fingerprint density at radius 1 is 0.833 bits per heavy atom. The summed E-state index contributed by atoms with van der Waals surface area (Å²) in [4.78, 5) is 0. The summed E-state index contributed by atoms with van der Waals surface area (Å²) in [7, 11) is 0. The zero-order chi connectivity index (χ0) is 18.3. The molecule has 0 aromatic rings. The van der Waals surface area contributed by atoms with Crippen molar-refractivity contribution in [1.29, 1.82) is 0 Å². The molecule has 2 aliphatic rings. The first-order chi connectivity index (χ1) is 10.9. The number of rotatable bonds is 4. The molecule has 0 radical (unpaired) electrons. The summed E-state index contributed by atoms with van der Waals surface area (Å²) in [6.07, 6.45) is 6.04. The molecule has 0 bridgehead atoms. The lowest BCUT2D eigenvalue weighted by Gasteiger charge is -2.49. The van der Waals surface area contributed by atoms with E-state index in [1.807, 2.05) is 0 Å². The van der Waals surface area contributed by atoms with Crippen LogP contribution in [-0.2, 0) is 4.74 Å². The van der Waals surface area contributed by atoms with E-state index >= 15 is 0 Å². The summed E-state index contributed by atoms with van der Waals surface area (Å²) in [5.74, 6) is 2.07. The van der Waals surface area contributed by atoms with E-state index < -0.39 is 0 Å². The van der Waals surface area contributed by atoms with E-state index in [1.54, 1.807) is 0 Å². The van der Waals surface area contributed by atoms with Crippen LogP contribution in [0.25, 0.3) is 0 Å². The lowest BCUT2D eigenvalue weighted by molar-refractivity contribution is -0.168. The van der Waals surface area contributed by atoms with E-state index in [0.717, 1.165) is 19.3 Å². The van der Waals surface area contributed by atoms with Gasteiger partial charge in [0.1, 0.15) is 0 Å². The van der Waals surface area contributed by atoms with Crippen molar-refractivity contribution in [2.45, 2.75) is 106 Å². The van der Waals surface area contributed by atoms with Crippen LogP contribution in [0.5, 0.6) is 0 Å². The third kappa shape index (κ3) is 4.75. The molecule has 0 aliphatic heterocycles. The molecule has 1 unspecified atom stereocenters. The molecule has 0 saturated heterocycles. The molecule has 0 heterocycles. The summed E-state index contributed by atoms with van der Waals surface area (Å²) in [6.45, 7) is 18.5. The first-order valence-electron chi connectivity index (χ1n) is 10.3. The highest BCUT2D eigenvalue weighted by Gasteiger charge is 2.45. The van der Waals surface area contributed by atoms with Gasteiger partial charge < -0.3 is 9.84 Å². The van der Waals surface area contributed by atoms with E-state index in [1.165, 1.54) is 12.8 Å². The van der Waals surface area contributed by atoms with E-state index in [9.17, 15) is 5.11 Å². The molecule has 2 aliphatic carbocycles. The van der Waals surface area contributed by atoms with Crippen molar-refractivity contribution < 1.29 is 9.84 Å². The highest BCUT2D eigenvalue weighted by molar-refractivity contribution is 4.95. The maximum Gasteiger partial charge on any atom is 0.0639 e. The van der Waals surface area contributed by atoms with Crippen LogP contribution in [0.4, 0.5) is 0 Å². The molecule has 1 N–H and O–H groups in total. The van der Waals surface area contributed by atoms with Crippen molar-refractivity contribution in [3.8, 4) is 0 Å². The van der Waals surface area contributed by atoms with Gasteiger partial charge in [-0.3, -0.25) is 0 Å². The predicted octanol–water partition coefficient (Wildman–Crippen LogP) is 5.68. The quantitative estimate of drug-likeness (QED) is 0.715. The molecule has 0 amide bonds. The topological polar surface area (TPSA) is 29.5 Å². The molecular formula is C22H42O2. The number of aliphatic hydroxyl groups excluding tert-OH is 1. The van der Waals surface area contributed by atoms with Gasteiger partial charge >= 0.3 is 0 Å². The Balaban J connectivity index is 2.19. The molecule has 24 heavy (non-hydrogen) atoms. The summed E-state index contributed by atoms with van der Waals surface area (Å²) < 4.78 is 6.86. The largest absolute Gasteiger partial charge is 0.393 e. The first kappa shape index (κ1) is 20.2. The number of aliphatic hydroxyl groups is 1. The average Bonchev–Trinajstić information content (AvgIpc) is 2.34. The zero-order valence-electron chi connectivity index (χ0n) is 17.4. The fraction of sp³-hybridized carbons (Fsp3) is 1.00. The summed E-state index contributed by atoms with van der Waals surface area (Å²) in [5.41, 5.74) is 0.555. The molecule has 2 rings (SSSR count). The Kier molecular flexibility index (Phi) is 6.13. The van der Waals surface area contributed by atoms with Crippen LogP contribution in [0, 0.1) is 34.5 Å². The van der Waals surface area contributed by atoms with Crippen LogP contribution in [0.2, 0.25) is 0 Å². The minimum absolute atomic E-state index is 0.174. The van der Waals surface area contributed by atoms with Gasteiger partial charge in [-0.15, -0.1) is 0 Å². The number of ether oxygens (including phenoxy) is 1. The molecule has 5 atom stereocenters. The first-order valence-corrected chi connectivity index (χ1v) is 10.3. The van der Waals surface area contributed by atoms with Crippen LogP contribution in [0.3, 0.4) is 0 Å². The standard InChI is InChI=1S/C22H42O2/c1-14(2)16-9-10-21(5,6)12-18(16)24-19-13-22(7,8)11-17(23)20(19)15(3)4/h14-20,23H,9-13H2,1-8H3/t16-,17+,18-,19?,20+/m1/s1. The molecular weight excluding hydrogens is 296 g/mol. The normalized spacial score (nSPS) is 39.4. The predicted molar refractivity (Wildman–Crippen MR) is 102 cm³/mol. The number of hydrogen-bond acceptors (Lipinski definition) is 2. The second-order valence-corrected chi connectivity index (χ2v) is 11.0. The van der Waals surface area contributed by atoms with Gasteiger partial charge in [-0.1, -0.05) is 55.4 Å². The Morgan fingerprint density at radius 3 is 1.96 bits per heavy atom. The Hall–Kier alpha value is -0.0800. The Labute approximate surface area is 150 Å². The molecule has 0 spiro atoms. The van der Waals surface area contributed by atoms with Crippen LogP contribution in [0.1, 0.15) is 87.5 Å². The maximum atomic E-state index is 10.8. The molecule has 0 aromatic heterocycles. The van der Waals surface area contributed by atoms with Gasteiger partial charge in [-0.25, -0.2) is 0 Å². The van der Waals surface area contributed by atoms with E-state index in [0.29, 0.717) is 29.3 Å². The Bertz CT molecular complexity index is 410. The average molecular weight is 339 g/mol. The van der Waals surface area contributed by atoms with Crippen molar-refractivity contribution >= 4 is 0 Å². The Morgan fingerprint density at radius 2 is 1.42 bits per heavy atom. The maximum absolute atomic E-state index is 10.8. The smallest absolute Gasteiger partial charge is 0.0639 e. The molecule has 0 aromatic carbocycles. The van der Waals surface area contributed by atoms with Crippen LogP contribution < -0.4 is 0 Å². The van der Waals surface area contributed by atoms with Gasteiger partial charge in [0.05, 0.1) is 18.3 Å². The molecule has 2 saturated carbocycles. The van der Waals surface area contributed by atoms with Crippen LogP contribution in [-0.4, -0.2) is 23.4 Å². The van der Waals surface area contributed by atoms with Crippen molar-refractivity contribution in [1.82, 2.24) is 0 Å². The minimum atomic E-state index is -0.229. The monoisotopic (exact) mass is 338 g/mol.